The zero-order chi connectivity index (χ0) is 17.2. The molecule has 1 aromatic carbocycles. The lowest BCUT2D eigenvalue weighted by Crippen LogP contribution is -2.45. The number of nitrogens with zero attached hydrogens (tertiary/aromatic N) is 1. The number of benzene rings is 1. The van der Waals surface area contributed by atoms with Crippen LogP contribution in [0.25, 0.3) is 0 Å². The molecule has 4 heteroatoms. The predicted molar refractivity (Wildman–Crippen MR) is 95.4 cm³/mol. The highest BCUT2D eigenvalue weighted by Crippen LogP contribution is 2.37. The predicted octanol–water partition coefficient (Wildman–Crippen LogP) is 3.01. The van der Waals surface area contributed by atoms with Gasteiger partial charge in [-0.2, -0.15) is 0 Å². The smallest absolute Gasteiger partial charge is 0.123 e. The van der Waals surface area contributed by atoms with Crippen LogP contribution in [0.15, 0.2) is 18.2 Å². The van der Waals surface area contributed by atoms with Crippen LogP contribution in [-0.2, 0) is 17.7 Å². The van der Waals surface area contributed by atoms with Crippen molar-refractivity contribution in [3.63, 3.8) is 0 Å². The Morgan fingerprint density at radius 2 is 2.17 bits per heavy atom. The second kappa shape index (κ2) is 7.03. The van der Waals surface area contributed by atoms with Crippen molar-refractivity contribution < 1.29 is 14.6 Å². The fourth-order valence-electron chi connectivity index (χ4n) is 4.20. The van der Waals surface area contributed by atoms with E-state index >= 15 is 0 Å². The maximum absolute atomic E-state index is 9.94. The summed E-state index contributed by atoms with van der Waals surface area (Å²) in [7, 11) is 1.74. The summed E-state index contributed by atoms with van der Waals surface area (Å²) in [6.07, 6.45) is 4.15. The van der Waals surface area contributed by atoms with Crippen LogP contribution in [-0.4, -0.2) is 49.0 Å². The minimum Gasteiger partial charge on any atom is -0.487 e. The Morgan fingerprint density at radius 3 is 2.92 bits per heavy atom. The summed E-state index contributed by atoms with van der Waals surface area (Å²) in [5.41, 5.74) is 2.58. The molecule has 0 bridgehead atoms. The lowest BCUT2D eigenvalue weighted by atomic mass is 9.78. The zero-order valence-corrected chi connectivity index (χ0v) is 15.3. The van der Waals surface area contributed by atoms with Crippen molar-refractivity contribution in [2.45, 2.75) is 51.7 Å². The molecule has 134 valence electrons. The molecular formula is C20H31NO3. The second-order valence-electron chi connectivity index (χ2n) is 8.20. The monoisotopic (exact) mass is 333 g/mol. The van der Waals surface area contributed by atoms with E-state index in [4.69, 9.17) is 9.47 Å². The second-order valence-corrected chi connectivity index (χ2v) is 8.20. The van der Waals surface area contributed by atoms with Crippen molar-refractivity contribution >= 4 is 0 Å². The SMILES string of the molecule is COCCC1(CO)CCCN(Cc2ccc3c(c2)CC(C)(C)O3)C1. The quantitative estimate of drug-likeness (QED) is 0.869. The van der Waals surface area contributed by atoms with Crippen molar-refractivity contribution in [3.8, 4) is 5.75 Å². The number of hydrogen-bond donors (Lipinski definition) is 1. The van der Waals surface area contributed by atoms with Gasteiger partial charge in [-0.25, -0.2) is 0 Å². The number of fused-ring (bicyclic) bond motifs is 1. The van der Waals surface area contributed by atoms with Crippen LogP contribution >= 0.6 is 0 Å². The molecule has 0 amide bonds. The molecule has 1 N–H and O–H groups in total. The van der Waals surface area contributed by atoms with Gasteiger partial charge in [0.2, 0.25) is 0 Å². The van der Waals surface area contributed by atoms with Crippen LogP contribution in [0.2, 0.25) is 0 Å². The van der Waals surface area contributed by atoms with Gasteiger partial charge in [-0.3, -0.25) is 4.90 Å². The van der Waals surface area contributed by atoms with E-state index in [9.17, 15) is 5.11 Å². The van der Waals surface area contributed by atoms with Gasteiger partial charge in [-0.15, -0.1) is 0 Å². The Labute approximate surface area is 145 Å². The minimum atomic E-state index is -0.0850. The van der Waals surface area contributed by atoms with Crippen LogP contribution in [0.1, 0.15) is 44.2 Å². The Hall–Kier alpha value is -1.10. The molecular weight excluding hydrogens is 302 g/mol. The molecule has 0 aliphatic carbocycles. The number of aliphatic hydroxyl groups is 1. The largest absolute Gasteiger partial charge is 0.487 e. The fraction of sp³-hybridized carbons (Fsp3) is 0.700. The van der Waals surface area contributed by atoms with Crippen molar-refractivity contribution in [3.05, 3.63) is 29.3 Å². The van der Waals surface area contributed by atoms with Gasteiger partial charge < -0.3 is 14.6 Å². The third-order valence-electron chi connectivity index (χ3n) is 5.45. The Balaban J connectivity index is 1.66. The van der Waals surface area contributed by atoms with Gasteiger partial charge >= 0.3 is 0 Å². The molecule has 24 heavy (non-hydrogen) atoms. The van der Waals surface area contributed by atoms with E-state index in [2.05, 4.69) is 36.9 Å². The lowest BCUT2D eigenvalue weighted by molar-refractivity contribution is 0.00475. The van der Waals surface area contributed by atoms with Crippen molar-refractivity contribution in [2.24, 2.45) is 5.41 Å². The Bertz CT molecular complexity index is 572. The van der Waals surface area contributed by atoms with E-state index in [1.54, 1.807) is 7.11 Å². The van der Waals surface area contributed by atoms with Gasteiger partial charge in [0.25, 0.3) is 0 Å². The third-order valence-corrected chi connectivity index (χ3v) is 5.45. The summed E-state index contributed by atoms with van der Waals surface area (Å²) in [5.74, 6) is 1.03. The van der Waals surface area contributed by atoms with E-state index in [0.29, 0.717) is 0 Å². The minimum absolute atomic E-state index is 0.00388. The summed E-state index contributed by atoms with van der Waals surface area (Å²) >= 11 is 0. The number of ether oxygens (including phenoxy) is 2. The third kappa shape index (κ3) is 3.93. The molecule has 3 rings (SSSR count). The summed E-state index contributed by atoms with van der Waals surface area (Å²) in [5, 5.41) is 9.94. The topological polar surface area (TPSA) is 41.9 Å². The molecule has 1 aromatic rings. The molecule has 2 heterocycles. The van der Waals surface area contributed by atoms with Gasteiger partial charge in [-0.05, 0) is 56.8 Å². The van der Waals surface area contributed by atoms with Crippen LogP contribution < -0.4 is 4.74 Å². The van der Waals surface area contributed by atoms with E-state index in [0.717, 1.165) is 57.7 Å². The van der Waals surface area contributed by atoms with Gasteiger partial charge in [0.1, 0.15) is 11.4 Å². The molecule has 4 nitrogen and oxygen atoms in total. The van der Waals surface area contributed by atoms with Crippen LogP contribution in [0, 0.1) is 5.41 Å². The first kappa shape index (κ1) is 17.7. The first-order valence-corrected chi connectivity index (χ1v) is 9.08. The first-order chi connectivity index (χ1) is 11.5. The van der Waals surface area contributed by atoms with E-state index in [1.807, 2.05) is 0 Å². The normalized spacial score (nSPS) is 26.2. The number of piperidine rings is 1. The number of likely N-dealkylation sites (tertiary alicyclic amines) is 1. The fourth-order valence-corrected chi connectivity index (χ4v) is 4.20. The van der Waals surface area contributed by atoms with Crippen molar-refractivity contribution in [1.29, 1.82) is 0 Å². The highest BCUT2D eigenvalue weighted by Gasteiger charge is 2.35. The number of aliphatic hydroxyl groups excluding tert-OH is 1. The molecule has 0 saturated carbocycles. The molecule has 0 radical (unpaired) electrons. The van der Waals surface area contributed by atoms with Crippen LogP contribution in [0.3, 0.4) is 0 Å². The molecule has 2 aliphatic rings. The zero-order valence-electron chi connectivity index (χ0n) is 15.3. The van der Waals surface area contributed by atoms with E-state index in [-0.39, 0.29) is 17.6 Å². The summed E-state index contributed by atoms with van der Waals surface area (Å²) < 4.78 is 11.2. The summed E-state index contributed by atoms with van der Waals surface area (Å²) in [6, 6.07) is 6.60. The molecule has 2 aliphatic heterocycles. The molecule has 1 atom stereocenters. The summed E-state index contributed by atoms with van der Waals surface area (Å²) in [4.78, 5) is 2.48. The van der Waals surface area contributed by atoms with Crippen LogP contribution in [0.4, 0.5) is 0 Å². The Kier molecular flexibility index (Phi) is 5.19. The molecule has 0 spiro atoms. The van der Waals surface area contributed by atoms with Crippen LogP contribution in [0.5, 0.6) is 5.75 Å². The van der Waals surface area contributed by atoms with Crippen molar-refractivity contribution in [2.75, 3.05) is 33.4 Å². The Morgan fingerprint density at radius 1 is 1.33 bits per heavy atom. The van der Waals surface area contributed by atoms with Gasteiger partial charge in [0, 0.05) is 38.6 Å². The molecule has 0 aromatic heterocycles. The summed E-state index contributed by atoms with van der Waals surface area (Å²) in [6.45, 7) is 8.26. The average molecular weight is 333 g/mol. The standard InChI is InChI=1S/C20H31NO3/c1-19(2)12-17-11-16(5-6-18(17)24-19)13-21-9-4-7-20(14-21,15-22)8-10-23-3/h5-6,11,22H,4,7-10,12-15H2,1-3H3. The first-order valence-electron chi connectivity index (χ1n) is 9.08. The van der Waals surface area contributed by atoms with E-state index < -0.39 is 0 Å². The van der Waals surface area contributed by atoms with Gasteiger partial charge in [0.05, 0.1) is 6.61 Å². The van der Waals surface area contributed by atoms with E-state index in [1.165, 1.54) is 11.1 Å². The number of rotatable bonds is 6. The highest BCUT2D eigenvalue weighted by molar-refractivity contribution is 5.41. The molecule has 1 unspecified atom stereocenters. The highest BCUT2D eigenvalue weighted by atomic mass is 16.5. The average Bonchev–Trinajstić information content (AvgIpc) is 2.86. The number of hydrogen-bond acceptors (Lipinski definition) is 4. The maximum Gasteiger partial charge on any atom is 0.123 e. The lowest BCUT2D eigenvalue weighted by Gasteiger charge is -2.42. The number of methoxy groups -OCH3 is 1. The van der Waals surface area contributed by atoms with Gasteiger partial charge in [-0.1, -0.05) is 12.1 Å². The maximum atomic E-state index is 9.94. The molecule has 1 fully saturated rings. The van der Waals surface area contributed by atoms with Crippen molar-refractivity contribution in [1.82, 2.24) is 4.90 Å². The molecule has 1 saturated heterocycles. The van der Waals surface area contributed by atoms with Gasteiger partial charge in [0.15, 0.2) is 0 Å².